The quantitative estimate of drug-likeness (QED) is 0.613. The van der Waals surface area contributed by atoms with Gasteiger partial charge in [-0.3, -0.25) is 14.4 Å². The van der Waals surface area contributed by atoms with Crippen molar-refractivity contribution in [2.24, 2.45) is 0 Å². The summed E-state index contributed by atoms with van der Waals surface area (Å²) >= 11 is 0. The van der Waals surface area contributed by atoms with Crippen molar-refractivity contribution in [3.05, 3.63) is 0 Å². The predicted octanol–water partition coefficient (Wildman–Crippen LogP) is -1.30. The molecule has 19 heavy (non-hydrogen) atoms. The van der Waals surface area contributed by atoms with Crippen LogP contribution in [0.2, 0.25) is 0 Å². The molecule has 8 nitrogen and oxygen atoms in total. The van der Waals surface area contributed by atoms with Crippen LogP contribution in [0.5, 0.6) is 0 Å². The van der Waals surface area contributed by atoms with Gasteiger partial charge < -0.3 is 24.6 Å². The topological polar surface area (TPSA) is 111 Å². The molecule has 1 heterocycles. The summed E-state index contributed by atoms with van der Waals surface area (Å²) in [7, 11) is 0. The summed E-state index contributed by atoms with van der Waals surface area (Å²) in [5.74, 6) is -1.53. The molecule has 1 rings (SSSR count). The van der Waals surface area contributed by atoms with E-state index in [2.05, 4.69) is 5.32 Å². The Morgan fingerprint density at radius 2 is 1.63 bits per heavy atom. The van der Waals surface area contributed by atoms with Gasteiger partial charge >= 0.3 is 11.9 Å². The summed E-state index contributed by atoms with van der Waals surface area (Å²) in [4.78, 5) is 32.8. The standard InChI is InChI=1S/C11H17NO7/c1-5(13)12-4-8-9(17-6(2)14)10(11(16)19-8)18-7(3)15/h8-11,16H,4H2,1-3H3,(H,12,13)/t8-,9-,10+,11+/m1/s1. The minimum Gasteiger partial charge on any atom is -0.456 e. The van der Waals surface area contributed by atoms with Crippen LogP contribution in [0.4, 0.5) is 0 Å². The van der Waals surface area contributed by atoms with Crippen molar-refractivity contribution < 1.29 is 33.7 Å². The molecule has 8 heteroatoms. The molecule has 0 saturated carbocycles. The number of amides is 1. The van der Waals surface area contributed by atoms with Crippen molar-refractivity contribution in [2.75, 3.05) is 6.54 Å². The molecule has 1 aliphatic rings. The molecular formula is C11H17NO7. The average Bonchev–Trinajstić information content (AvgIpc) is 2.53. The second kappa shape index (κ2) is 6.48. The van der Waals surface area contributed by atoms with E-state index in [0.717, 1.165) is 0 Å². The molecule has 1 saturated heterocycles. The molecule has 0 aromatic rings. The molecule has 1 aliphatic heterocycles. The first kappa shape index (κ1) is 15.4. The fraction of sp³-hybridized carbons (Fsp3) is 0.727. The van der Waals surface area contributed by atoms with Crippen LogP contribution >= 0.6 is 0 Å². The van der Waals surface area contributed by atoms with E-state index in [1.165, 1.54) is 20.8 Å². The minimum absolute atomic E-state index is 0.0299. The first-order chi connectivity index (χ1) is 8.81. The number of carbonyl (C=O) groups is 3. The molecule has 0 radical (unpaired) electrons. The van der Waals surface area contributed by atoms with E-state index in [-0.39, 0.29) is 12.5 Å². The van der Waals surface area contributed by atoms with E-state index >= 15 is 0 Å². The highest BCUT2D eigenvalue weighted by Crippen LogP contribution is 2.25. The van der Waals surface area contributed by atoms with Gasteiger partial charge in [0.15, 0.2) is 18.5 Å². The Morgan fingerprint density at radius 1 is 1.11 bits per heavy atom. The number of ether oxygens (including phenoxy) is 3. The first-order valence-electron chi connectivity index (χ1n) is 5.73. The number of rotatable bonds is 4. The lowest BCUT2D eigenvalue weighted by Gasteiger charge is -2.22. The predicted molar refractivity (Wildman–Crippen MR) is 60.7 cm³/mol. The summed E-state index contributed by atoms with van der Waals surface area (Å²) in [6.45, 7) is 3.70. The summed E-state index contributed by atoms with van der Waals surface area (Å²) in [6, 6.07) is 0. The second-order valence-corrected chi connectivity index (χ2v) is 4.15. The van der Waals surface area contributed by atoms with Crippen molar-refractivity contribution in [1.29, 1.82) is 0 Å². The van der Waals surface area contributed by atoms with E-state index in [0.29, 0.717) is 0 Å². The summed E-state index contributed by atoms with van der Waals surface area (Å²) in [6.07, 6.45) is -4.28. The SMILES string of the molecule is CC(=O)NC[C@H]1O[C@H](O)[C@@H](OC(C)=O)[C@@H]1OC(C)=O. The molecule has 0 unspecified atom stereocenters. The van der Waals surface area contributed by atoms with E-state index in [9.17, 15) is 19.5 Å². The third-order valence-corrected chi connectivity index (χ3v) is 2.44. The lowest BCUT2D eigenvalue weighted by molar-refractivity contribution is -0.174. The summed E-state index contributed by atoms with van der Waals surface area (Å²) in [5.41, 5.74) is 0. The Hall–Kier alpha value is -1.67. The lowest BCUT2D eigenvalue weighted by Crippen LogP contribution is -2.43. The molecule has 0 aromatic heterocycles. The Balaban J connectivity index is 2.76. The van der Waals surface area contributed by atoms with Crippen molar-refractivity contribution in [3.8, 4) is 0 Å². The molecular weight excluding hydrogens is 258 g/mol. The highest BCUT2D eigenvalue weighted by Gasteiger charge is 2.48. The van der Waals surface area contributed by atoms with Gasteiger partial charge in [-0.15, -0.1) is 0 Å². The molecule has 0 aromatic carbocycles. The average molecular weight is 275 g/mol. The number of hydrogen-bond donors (Lipinski definition) is 2. The van der Waals surface area contributed by atoms with Crippen molar-refractivity contribution in [3.63, 3.8) is 0 Å². The van der Waals surface area contributed by atoms with Gasteiger partial charge in [-0.1, -0.05) is 0 Å². The molecule has 2 N–H and O–H groups in total. The zero-order valence-corrected chi connectivity index (χ0v) is 10.9. The Bertz CT molecular complexity index is 370. The third kappa shape index (κ3) is 4.49. The zero-order valence-electron chi connectivity index (χ0n) is 10.9. The van der Waals surface area contributed by atoms with Gasteiger partial charge in [-0.2, -0.15) is 0 Å². The van der Waals surface area contributed by atoms with Gasteiger partial charge in [-0.25, -0.2) is 0 Å². The van der Waals surface area contributed by atoms with Crippen LogP contribution in [0.1, 0.15) is 20.8 Å². The second-order valence-electron chi connectivity index (χ2n) is 4.15. The Kier molecular flexibility index (Phi) is 5.25. The fourth-order valence-electron chi connectivity index (χ4n) is 1.77. The van der Waals surface area contributed by atoms with Crippen LogP contribution in [-0.4, -0.2) is 54.1 Å². The van der Waals surface area contributed by atoms with Crippen LogP contribution in [0.25, 0.3) is 0 Å². The summed E-state index contributed by atoms with van der Waals surface area (Å²) in [5, 5.41) is 12.1. The van der Waals surface area contributed by atoms with Crippen LogP contribution < -0.4 is 5.32 Å². The van der Waals surface area contributed by atoms with Gasteiger partial charge in [0, 0.05) is 27.3 Å². The van der Waals surface area contributed by atoms with E-state index < -0.39 is 36.5 Å². The fourth-order valence-corrected chi connectivity index (χ4v) is 1.77. The van der Waals surface area contributed by atoms with E-state index in [1.54, 1.807) is 0 Å². The molecule has 4 atom stereocenters. The number of aliphatic hydroxyl groups is 1. The molecule has 0 spiro atoms. The van der Waals surface area contributed by atoms with E-state index in [4.69, 9.17) is 14.2 Å². The van der Waals surface area contributed by atoms with Gasteiger partial charge in [0.1, 0.15) is 6.10 Å². The normalized spacial score (nSPS) is 29.7. The van der Waals surface area contributed by atoms with Gasteiger partial charge in [-0.05, 0) is 0 Å². The van der Waals surface area contributed by atoms with Gasteiger partial charge in [0.25, 0.3) is 0 Å². The zero-order chi connectivity index (χ0) is 14.6. The van der Waals surface area contributed by atoms with Crippen LogP contribution in [0.15, 0.2) is 0 Å². The maximum Gasteiger partial charge on any atom is 0.303 e. The van der Waals surface area contributed by atoms with E-state index in [1.807, 2.05) is 0 Å². The van der Waals surface area contributed by atoms with Gasteiger partial charge in [0.05, 0.1) is 0 Å². The van der Waals surface area contributed by atoms with Crippen molar-refractivity contribution in [1.82, 2.24) is 5.32 Å². The van der Waals surface area contributed by atoms with Crippen LogP contribution in [0.3, 0.4) is 0 Å². The molecule has 0 aliphatic carbocycles. The number of carbonyl (C=O) groups excluding carboxylic acids is 3. The monoisotopic (exact) mass is 275 g/mol. The smallest absolute Gasteiger partial charge is 0.303 e. The number of hydrogen-bond acceptors (Lipinski definition) is 7. The molecule has 108 valence electrons. The number of nitrogens with one attached hydrogen (secondary N) is 1. The highest BCUT2D eigenvalue weighted by atomic mass is 16.7. The Labute approximate surface area is 110 Å². The van der Waals surface area contributed by atoms with Crippen molar-refractivity contribution >= 4 is 17.8 Å². The molecule has 1 amide bonds. The maximum atomic E-state index is 11.0. The summed E-state index contributed by atoms with van der Waals surface area (Å²) < 4.78 is 15.0. The Morgan fingerprint density at radius 3 is 2.11 bits per heavy atom. The molecule has 1 fully saturated rings. The minimum atomic E-state index is -1.41. The largest absolute Gasteiger partial charge is 0.456 e. The van der Waals surface area contributed by atoms with Crippen molar-refractivity contribution in [2.45, 2.75) is 45.4 Å². The maximum absolute atomic E-state index is 11.0. The van der Waals surface area contributed by atoms with Crippen LogP contribution in [0, 0.1) is 0 Å². The number of esters is 2. The third-order valence-electron chi connectivity index (χ3n) is 2.44. The number of aliphatic hydroxyl groups excluding tert-OH is 1. The lowest BCUT2D eigenvalue weighted by atomic mass is 10.1. The first-order valence-corrected chi connectivity index (χ1v) is 5.73. The highest BCUT2D eigenvalue weighted by molar-refractivity contribution is 5.72. The van der Waals surface area contributed by atoms with Gasteiger partial charge in [0.2, 0.25) is 5.91 Å². The molecule has 0 bridgehead atoms. The van der Waals surface area contributed by atoms with Crippen LogP contribution in [-0.2, 0) is 28.6 Å².